The highest BCUT2D eigenvalue weighted by molar-refractivity contribution is 5.84. The van der Waals surface area contributed by atoms with Crippen LogP contribution in [-0.4, -0.2) is 35.0 Å². The van der Waals surface area contributed by atoms with Gasteiger partial charge >= 0.3 is 0 Å². The summed E-state index contributed by atoms with van der Waals surface area (Å²) in [6.07, 6.45) is 2.35. The van der Waals surface area contributed by atoms with Crippen LogP contribution in [0.1, 0.15) is 57.9 Å². The first-order valence-electron chi connectivity index (χ1n) is 9.93. The Labute approximate surface area is 167 Å². The van der Waals surface area contributed by atoms with Crippen LogP contribution < -0.4 is 16.4 Å². The number of rotatable bonds is 13. The molecule has 3 amide bonds. The molecule has 0 saturated heterocycles. The van der Waals surface area contributed by atoms with Crippen molar-refractivity contribution in [1.29, 1.82) is 0 Å². The molecular formula is C21H33N3O4. The Morgan fingerprint density at radius 3 is 2.36 bits per heavy atom. The van der Waals surface area contributed by atoms with E-state index in [4.69, 9.17) is 5.73 Å². The van der Waals surface area contributed by atoms with Crippen LogP contribution in [0, 0.1) is 5.92 Å². The predicted molar refractivity (Wildman–Crippen MR) is 108 cm³/mol. The lowest BCUT2D eigenvalue weighted by Gasteiger charge is -2.25. The van der Waals surface area contributed by atoms with Crippen LogP contribution in [0.5, 0.6) is 0 Å². The molecule has 156 valence electrons. The van der Waals surface area contributed by atoms with Gasteiger partial charge in [-0.3, -0.25) is 14.4 Å². The molecule has 7 nitrogen and oxygen atoms in total. The second-order valence-corrected chi connectivity index (χ2v) is 7.17. The second kappa shape index (κ2) is 12.9. The maximum atomic E-state index is 12.4. The van der Waals surface area contributed by atoms with Crippen LogP contribution in [0.25, 0.3) is 0 Å². The van der Waals surface area contributed by atoms with Gasteiger partial charge in [0.1, 0.15) is 0 Å². The molecule has 0 aliphatic heterocycles. The number of carbonyl (C=O) groups excluding carboxylic acids is 3. The summed E-state index contributed by atoms with van der Waals surface area (Å²) in [5.41, 5.74) is 6.05. The highest BCUT2D eigenvalue weighted by Crippen LogP contribution is 2.11. The Kier molecular flexibility index (Phi) is 10.9. The molecule has 5 N–H and O–H groups in total. The molecule has 0 aromatic heterocycles. The lowest BCUT2D eigenvalue weighted by Crippen LogP contribution is -2.51. The number of hydrogen-bond acceptors (Lipinski definition) is 4. The van der Waals surface area contributed by atoms with E-state index in [0.717, 1.165) is 24.8 Å². The van der Waals surface area contributed by atoms with Crippen LogP contribution in [0.4, 0.5) is 0 Å². The zero-order chi connectivity index (χ0) is 20.9. The molecule has 0 radical (unpaired) electrons. The first kappa shape index (κ1) is 23.6. The molecule has 1 rings (SSSR count). The minimum atomic E-state index is -1.34. The number of carbonyl (C=O) groups is 3. The van der Waals surface area contributed by atoms with Crippen LogP contribution in [-0.2, 0) is 20.9 Å². The Morgan fingerprint density at radius 2 is 1.75 bits per heavy atom. The van der Waals surface area contributed by atoms with Crippen molar-refractivity contribution >= 4 is 17.7 Å². The number of aliphatic hydroxyl groups excluding tert-OH is 1. The Hall–Kier alpha value is -2.41. The fourth-order valence-corrected chi connectivity index (χ4v) is 2.81. The lowest BCUT2D eigenvalue weighted by molar-refractivity contribution is -0.133. The molecule has 0 spiro atoms. The van der Waals surface area contributed by atoms with Gasteiger partial charge in [0.05, 0.1) is 6.04 Å². The van der Waals surface area contributed by atoms with E-state index in [2.05, 4.69) is 17.6 Å². The molecule has 0 saturated carbocycles. The predicted octanol–water partition coefficient (Wildman–Crippen LogP) is 1.63. The van der Waals surface area contributed by atoms with E-state index in [1.807, 2.05) is 30.3 Å². The van der Waals surface area contributed by atoms with Crippen molar-refractivity contribution in [2.45, 2.75) is 71.1 Å². The molecule has 0 aliphatic rings. The SMILES string of the molecule is CCCCC[C@H](NC(=O)[C@@H](C)CCC(N)=O)C(O)C(=O)NCc1ccccc1. The third kappa shape index (κ3) is 8.99. The van der Waals surface area contributed by atoms with E-state index in [1.165, 1.54) is 0 Å². The fourth-order valence-electron chi connectivity index (χ4n) is 2.81. The van der Waals surface area contributed by atoms with Crippen molar-refractivity contribution < 1.29 is 19.5 Å². The van der Waals surface area contributed by atoms with E-state index in [9.17, 15) is 19.5 Å². The number of aliphatic hydroxyl groups is 1. The van der Waals surface area contributed by atoms with Gasteiger partial charge in [0.25, 0.3) is 5.91 Å². The summed E-state index contributed by atoms with van der Waals surface area (Å²) < 4.78 is 0. The standard InChI is InChI=1S/C21H33N3O4/c1-3-4-6-11-17(24-20(27)15(2)12-13-18(22)25)19(26)21(28)23-14-16-9-7-5-8-10-16/h5,7-10,15,17,19,26H,3-4,6,11-14H2,1-2H3,(H2,22,25)(H,23,28)(H,24,27)/t15-,17-,19?/m0/s1. The van der Waals surface area contributed by atoms with Gasteiger partial charge in [0.2, 0.25) is 11.8 Å². The maximum absolute atomic E-state index is 12.4. The third-order valence-electron chi connectivity index (χ3n) is 4.68. The van der Waals surface area contributed by atoms with Crippen LogP contribution >= 0.6 is 0 Å². The average Bonchev–Trinajstić information content (AvgIpc) is 2.69. The molecule has 1 aromatic carbocycles. The Bertz CT molecular complexity index is 621. The minimum Gasteiger partial charge on any atom is -0.381 e. The summed E-state index contributed by atoms with van der Waals surface area (Å²) in [6.45, 7) is 4.06. The average molecular weight is 392 g/mol. The second-order valence-electron chi connectivity index (χ2n) is 7.17. The number of nitrogens with two attached hydrogens (primary N) is 1. The molecule has 7 heteroatoms. The molecule has 0 heterocycles. The smallest absolute Gasteiger partial charge is 0.251 e. The number of hydrogen-bond donors (Lipinski definition) is 4. The number of benzene rings is 1. The number of amides is 3. The number of unbranched alkanes of at least 4 members (excludes halogenated alkanes) is 2. The number of nitrogens with one attached hydrogen (secondary N) is 2. The zero-order valence-electron chi connectivity index (χ0n) is 16.8. The molecular weight excluding hydrogens is 358 g/mol. The summed E-state index contributed by atoms with van der Waals surface area (Å²) in [5.74, 6) is -1.70. The first-order valence-corrected chi connectivity index (χ1v) is 9.93. The van der Waals surface area contributed by atoms with Crippen molar-refractivity contribution in [3.8, 4) is 0 Å². The maximum Gasteiger partial charge on any atom is 0.251 e. The Morgan fingerprint density at radius 1 is 1.07 bits per heavy atom. The van der Waals surface area contributed by atoms with E-state index in [1.54, 1.807) is 6.92 Å². The quantitative estimate of drug-likeness (QED) is 0.382. The monoisotopic (exact) mass is 391 g/mol. The van der Waals surface area contributed by atoms with Gasteiger partial charge in [0.15, 0.2) is 6.10 Å². The molecule has 0 fully saturated rings. The summed E-state index contributed by atoms with van der Waals surface area (Å²) >= 11 is 0. The molecule has 28 heavy (non-hydrogen) atoms. The van der Waals surface area contributed by atoms with Gasteiger partial charge in [-0.15, -0.1) is 0 Å². The van der Waals surface area contributed by atoms with Gasteiger partial charge in [-0.1, -0.05) is 63.4 Å². The van der Waals surface area contributed by atoms with Crippen LogP contribution in [0.3, 0.4) is 0 Å². The minimum absolute atomic E-state index is 0.120. The van der Waals surface area contributed by atoms with Gasteiger partial charge in [-0.2, -0.15) is 0 Å². The summed E-state index contributed by atoms with van der Waals surface area (Å²) in [6, 6.07) is 8.73. The molecule has 3 atom stereocenters. The Balaban J connectivity index is 2.65. The summed E-state index contributed by atoms with van der Waals surface area (Å²) in [5, 5.41) is 16.0. The zero-order valence-corrected chi connectivity index (χ0v) is 16.8. The van der Waals surface area contributed by atoms with E-state index in [-0.39, 0.29) is 12.3 Å². The highest BCUT2D eigenvalue weighted by Gasteiger charge is 2.28. The molecule has 0 aliphatic carbocycles. The summed E-state index contributed by atoms with van der Waals surface area (Å²) in [4.78, 5) is 35.7. The van der Waals surface area contributed by atoms with Crippen molar-refractivity contribution in [1.82, 2.24) is 10.6 Å². The molecule has 1 aromatic rings. The fraction of sp³-hybridized carbons (Fsp3) is 0.571. The van der Waals surface area contributed by atoms with E-state index in [0.29, 0.717) is 19.4 Å². The molecule has 1 unspecified atom stereocenters. The van der Waals surface area contributed by atoms with Crippen molar-refractivity contribution in [2.24, 2.45) is 11.7 Å². The lowest BCUT2D eigenvalue weighted by atomic mass is 9.99. The first-order chi connectivity index (χ1) is 13.3. The number of primary amides is 1. The molecule has 0 bridgehead atoms. The van der Waals surface area contributed by atoms with Crippen LogP contribution in [0.15, 0.2) is 30.3 Å². The highest BCUT2D eigenvalue weighted by atomic mass is 16.3. The van der Waals surface area contributed by atoms with Crippen molar-refractivity contribution in [3.05, 3.63) is 35.9 Å². The largest absolute Gasteiger partial charge is 0.381 e. The summed E-state index contributed by atoms with van der Waals surface area (Å²) in [7, 11) is 0. The van der Waals surface area contributed by atoms with Gasteiger partial charge < -0.3 is 21.5 Å². The van der Waals surface area contributed by atoms with Gasteiger partial charge in [0, 0.05) is 18.9 Å². The third-order valence-corrected chi connectivity index (χ3v) is 4.68. The van der Waals surface area contributed by atoms with Gasteiger partial charge in [-0.05, 0) is 18.4 Å². The van der Waals surface area contributed by atoms with Crippen molar-refractivity contribution in [3.63, 3.8) is 0 Å². The van der Waals surface area contributed by atoms with Gasteiger partial charge in [-0.25, -0.2) is 0 Å². The van der Waals surface area contributed by atoms with Crippen molar-refractivity contribution in [2.75, 3.05) is 0 Å². The van der Waals surface area contributed by atoms with E-state index >= 15 is 0 Å². The van der Waals surface area contributed by atoms with Crippen LogP contribution in [0.2, 0.25) is 0 Å². The topological polar surface area (TPSA) is 122 Å². The normalized spacial score (nSPS) is 14.0. The van der Waals surface area contributed by atoms with E-state index < -0.39 is 29.9 Å².